The molecule has 3 rings (SSSR count). The summed E-state index contributed by atoms with van der Waals surface area (Å²) in [5.74, 6) is 2.10. The van der Waals surface area contributed by atoms with Crippen molar-refractivity contribution >= 4 is 17.5 Å². The molecule has 0 fully saturated rings. The van der Waals surface area contributed by atoms with E-state index in [0.717, 1.165) is 17.1 Å². The number of rotatable bonds is 4. The predicted molar refractivity (Wildman–Crippen MR) is 75.3 cm³/mol. The molecule has 7 heteroatoms. The second-order valence-electron chi connectivity index (χ2n) is 4.23. The zero-order valence-electron chi connectivity index (χ0n) is 10.7. The van der Waals surface area contributed by atoms with Gasteiger partial charge in [-0.2, -0.15) is 0 Å². The number of hydrogen-bond acceptors (Lipinski definition) is 5. The van der Waals surface area contributed by atoms with E-state index < -0.39 is 0 Å². The van der Waals surface area contributed by atoms with Crippen molar-refractivity contribution in [1.82, 2.24) is 20.2 Å². The summed E-state index contributed by atoms with van der Waals surface area (Å²) in [6.07, 6.45) is 0. The quantitative estimate of drug-likeness (QED) is 0.800. The predicted octanol–water partition coefficient (Wildman–Crippen LogP) is 2.74. The highest BCUT2D eigenvalue weighted by molar-refractivity contribution is 6.33. The van der Waals surface area contributed by atoms with E-state index in [1.54, 1.807) is 11.7 Å². The Balaban J connectivity index is 1.74. The fourth-order valence-electron chi connectivity index (χ4n) is 1.82. The molecule has 2 aromatic heterocycles. The van der Waals surface area contributed by atoms with Crippen molar-refractivity contribution in [3.8, 4) is 11.3 Å². The Bertz CT molecular complexity index is 721. The van der Waals surface area contributed by atoms with Gasteiger partial charge in [0.2, 0.25) is 5.95 Å². The van der Waals surface area contributed by atoms with Crippen molar-refractivity contribution in [1.29, 1.82) is 0 Å². The van der Waals surface area contributed by atoms with Gasteiger partial charge in [0, 0.05) is 12.6 Å². The monoisotopic (exact) mass is 289 g/mol. The molecule has 0 radical (unpaired) electrons. The van der Waals surface area contributed by atoms with E-state index in [9.17, 15) is 0 Å². The number of nitrogens with one attached hydrogen (secondary N) is 1. The molecule has 0 saturated heterocycles. The van der Waals surface area contributed by atoms with Crippen LogP contribution in [0.25, 0.3) is 11.3 Å². The molecule has 102 valence electrons. The lowest BCUT2D eigenvalue weighted by molar-refractivity contribution is 0.530. The molecule has 0 aliphatic rings. The molecule has 6 nitrogen and oxygen atoms in total. The molecule has 0 aliphatic carbocycles. The highest BCUT2D eigenvalue weighted by Crippen LogP contribution is 2.29. The summed E-state index contributed by atoms with van der Waals surface area (Å²) in [7, 11) is 1.76. The summed E-state index contributed by atoms with van der Waals surface area (Å²) in [5, 5.41) is 14.9. The first-order chi connectivity index (χ1) is 9.74. The van der Waals surface area contributed by atoms with Crippen LogP contribution in [0.15, 0.2) is 40.8 Å². The highest BCUT2D eigenvalue weighted by atomic mass is 35.5. The van der Waals surface area contributed by atoms with E-state index in [1.165, 1.54) is 0 Å². The van der Waals surface area contributed by atoms with Crippen LogP contribution in [0.1, 0.15) is 5.76 Å². The van der Waals surface area contributed by atoms with E-state index in [-0.39, 0.29) is 0 Å². The van der Waals surface area contributed by atoms with Gasteiger partial charge < -0.3 is 9.73 Å². The summed E-state index contributed by atoms with van der Waals surface area (Å²) < 4.78 is 7.32. The molecular formula is C13H12ClN5O. The topological polar surface area (TPSA) is 68.8 Å². The number of aryl methyl sites for hydroxylation is 1. The molecule has 0 saturated carbocycles. The van der Waals surface area contributed by atoms with E-state index in [0.29, 0.717) is 17.5 Å². The first-order valence-electron chi connectivity index (χ1n) is 6.04. The SMILES string of the molecule is Cn1nnnc1NCc1ccc(-c2ccccc2Cl)o1. The summed E-state index contributed by atoms with van der Waals surface area (Å²) >= 11 is 6.14. The van der Waals surface area contributed by atoms with Gasteiger partial charge in [0.05, 0.1) is 11.6 Å². The number of halogens is 1. The van der Waals surface area contributed by atoms with Crippen LogP contribution in [0, 0.1) is 0 Å². The number of benzene rings is 1. The number of hydrogen-bond donors (Lipinski definition) is 1. The average Bonchev–Trinajstić information content (AvgIpc) is 3.06. The first kappa shape index (κ1) is 12.7. The maximum Gasteiger partial charge on any atom is 0.243 e. The molecule has 0 unspecified atom stereocenters. The van der Waals surface area contributed by atoms with Crippen molar-refractivity contribution in [3.63, 3.8) is 0 Å². The van der Waals surface area contributed by atoms with Crippen molar-refractivity contribution < 1.29 is 4.42 Å². The van der Waals surface area contributed by atoms with E-state index in [1.807, 2.05) is 36.4 Å². The number of furan rings is 1. The van der Waals surface area contributed by atoms with Gasteiger partial charge in [0.1, 0.15) is 11.5 Å². The van der Waals surface area contributed by atoms with E-state index in [2.05, 4.69) is 20.8 Å². The van der Waals surface area contributed by atoms with Crippen molar-refractivity contribution in [2.75, 3.05) is 5.32 Å². The fourth-order valence-corrected chi connectivity index (χ4v) is 2.05. The second kappa shape index (κ2) is 5.34. The molecule has 2 heterocycles. The van der Waals surface area contributed by atoms with Crippen molar-refractivity contribution in [3.05, 3.63) is 47.2 Å². The second-order valence-corrected chi connectivity index (χ2v) is 4.63. The Labute approximate surface area is 120 Å². The average molecular weight is 290 g/mol. The van der Waals surface area contributed by atoms with Gasteiger partial charge >= 0.3 is 0 Å². The number of aromatic nitrogens is 4. The zero-order valence-corrected chi connectivity index (χ0v) is 11.5. The lowest BCUT2D eigenvalue weighted by Gasteiger charge is -2.02. The largest absolute Gasteiger partial charge is 0.459 e. The number of tetrazole rings is 1. The van der Waals surface area contributed by atoms with Gasteiger partial charge in [0.15, 0.2) is 0 Å². The Morgan fingerprint density at radius 1 is 1.25 bits per heavy atom. The lowest BCUT2D eigenvalue weighted by atomic mass is 10.2. The van der Waals surface area contributed by atoms with Crippen LogP contribution >= 0.6 is 11.6 Å². The summed E-state index contributed by atoms with van der Waals surface area (Å²) in [4.78, 5) is 0. The lowest BCUT2D eigenvalue weighted by Crippen LogP contribution is -2.04. The Hall–Kier alpha value is -2.34. The van der Waals surface area contributed by atoms with Crippen LogP contribution in [0.3, 0.4) is 0 Å². The van der Waals surface area contributed by atoms with Gasteiger partial charge in [0.25, 0.3) is 0 Å². The first-order valence-corrected chi connectivity index (χ1v) is 6.41. The molecule has 20 heavy (non-hydrogen) atoms. The Kier molecular flexibility index (Phi) is 3.39. The van der Waals surface area contributed by atoms with Crippen LogP contribution in [0.5, 0.6) is 0 Å². The van der Waals surface area contributed by atoms with Crippen LogP contribution in [-0.2, 0) is 13.6 Å². The molecule has 0 aliphatic heterocycles. The molecule has 0 amide bonds. The molecular weight excluding hydrogens is 278 g/mol. The van der Waals surface area contributed by atoms with E-state index in [4.69, 9.17) is 16.0 Å². The summed E-state index contributed by atoms with van der Waals surface area (Å²) in [5.41, 5.74) is 0.876. The summed E-state index contributed by atoms with van der Waals surface area (Å²) in [6.45, 7) is 0.499. The van der Waals surface area contributed by atoms with Crippen molar-refractivity contribution in [2.45, 2.75) is 6.54 Å². The minimum absolute atomic E-state index is 0.499. The fraction of sp³-hybridized carbons (Fsp3) is 0.154. The van der Waals surface area contributed by atoms with Gasteiger partial charge in [-0.15, -0.1) is 0 Å². The minimum Gasteiger partial charge on any atom is -0.459 e. The Morgan fingerprint density at radius 3 is 2.85 bits per heavy atom. The molecule has 0 spiro atoms. The van der Waals surface area contributed by atoms with Gasteiger partial charge in [-0.25, -0.2) is 4.68 Å². The smallest absolute Gasteiger partial charge is 0.243 e. The molecule has 0 bridgehead atoms. The zero-order chi connectivity index (χ0) is 13.9. The number of anilines is 1. The maximum atomic E-state index is 6.14. The van der Waals surface area contributed by atoms with Gasteiger partial charge in [-0.3, -0.25) is 0 Å². The molecule has 3 aromatic rings. The third kappa shape index (κ3) is 2.50. The third-order valence-electron chi connectivity index (χ3n) is 2.84. The maximum absolute atomic E-state index is 6.14. The van der Waals surface area contributed by atoms with E-state index >= 15 is 0 Å². The van der Waals surface area contributed by atoms with Crippen LogP contribution in [0.4, 0.5) is 5.95 Å². The highest BCUT2D eigenvalue weighted by Gasteiger charge is 2.09. The minimum atomic E-state index is 0.499. The Morgan fingerprint density at radius 2 is 2.10 bits per heavy atom. The van der Waals surface area contributed by atoms with Gasteiger partial charge in [-0.1, -0.05) is 28.8 Å². The standard InChI is InChI=1S/C13H12ClN5O/c1-19-13(16-17-18-19)15-8-9-6-7-12(20-9)10-4-2-3-5-11(10)14/h2-7H,8H2,1H3,(H,15,16,18). The van der Waals surface area contributed by atoms with Crippen LogP contribution in [-0.4, -0.2) is 20.2 Å². The summed E-state index contributed by atoms with van der Waals surface area (Å²) in [6, 6.07) is 11.4. The molecule has 1 N–H and O–H groups in total. The van der Waals surface area contributed by atoms with Crippen molar-refractivity contribution in [2.24, 2.45) is 7.05 Å². The van der Waals surface area contributed by atoms with Crippen LogP contribution < -0.4 is 5.32 Å². The van der Waals surface area contributed by atoms with Gasteiger partial charge in [-0.05, 0) is 34.7 Å². The number of nitrogens with zero attached hydrogens (tertiary/aromatic N) is 4. The molecule has 0 atom stereocenters. The normalized spacial score (nSPS) is 10.7. The molecule has 1 aromatic carbocycles. The van der Waals surface area contributed by atoms with Crippen LogP contribution in [0.2, 0.25) is 5.02 Å². The third-order valence-corrected chi connectivity index (χ3v) is 3.17.